The van der Waals surface area contributed by atoms with Crippen LogP contribution in [0.3, 0.4) is 0 Å². The number of aryl methyl sites for hydroxylation is 1. The highest BCUT2D eigenvalue weighted by Crippen LogP contribution is 2.22. The Labute approximate surface area is 109 Å². The van der Waals surface area contributed by atoms with Gasteiger partial charge < -0.3 is 10.6 Å². The van der Waals surface area contributed by atoms with Crippen molar-refractivity contribution in [3.05, 3.63) is 34.9 Å². The molecular formula is C15H22N2O. The molecule has 1 aromatic rings. The van der Waals surface area contributed by atoms with E-state index in [2.05, 4.69) is 23.6 Å². The minimum atomic E-state index is 0.00133. The predicted molar refractivity (Wildman–Crippen MR) is 73.9 cm³/mol. The maximum atomic E-state index is 11.6. The minimum Gasteiger partial charge on any atom is -0.355 e. The van der Waals surface area contributed by atoms with Crippen molar-refractivity contribution in [1.29, 1.82) is 0 Å². The van der Waals surface area contributed by atoms with Crippen molar-refractivity contribution < 1.29 is 4.79 Å². The Morgan fingerprint density at radius 1 is 1.39 bits per heavy atom. The molecule has 3 heteroatoms. The lowest BCUT2D eigenvalue weighted by atomic mass is 9.87. The first kappa shape index (κ1) is 13.1. The van der Waals surface area contributed by atoms with Gasteiger partial charge in [-0.25, -0.2) is 0 Å². The molecule has 18 heavy (non-hydrogen) atoms. The van der Waals surface area contributed by atoms with Gasteiger partial charge in [0.2, 0.25) is 0 Å². The standard InChI is InChI=1S/C15H22N2O/c1-3-8-17-14-7-6-11-4-5-12(15(18)16-2)9-13(11)10-14/h4-5,9,14,17H,3,6-8,10H2,1-2H3,(H,16,18)/t14-/m1/s1. The summed E-state index contributed by atoms with van der Waals surface area (Å²) >= 11 is 0. The number of amides is 1. The summed E-state index contributed by atoms with van der Waals surface area (Å²) in [7, 11) is 1.67. The summed E-state index contributed by atoms with van der Waals surface area (Å²) in [5.41, 5.74) is 3.50. The fraction of sp³-hybridized carbons (Fsp3) is 0.533. The number of nitrogens with one attached hydrogen (secondary N) is 2. The highest BCUT2D eigenvalue weighted by Gasteiger charge is 2.19. The van der Waals surface area contributed by atoms with Gasteiger partial charge in [-0.05, 0) is 55.5 Å². The second kappa shape index (κ2) is 6.01. The average molecular weight is 246 g/mol. The van der Waals surface area contributed by atoms with E-state index < -0.39 is 0 Å². The molecule has 0 unspecified atom stereocenters. The Hall–Kier alpha value is -1.35. The van der Waals surface area contributed by atoms with Gasteiger partial charge in [0.1, 0.15) is 0 Å². The molecule has 0 saturated heterocycles. The third-order valence-electron chi connectivity index (χ3n) is 3.61. The maximum Gasteiger partial charge on any atom is 0.251 e. The molecule has 2 N–H and O–H groups in total. The Balaban J connectivity index is 2.11. The van der Waals surface area contributed by atoms with Gasteiger partial charge >= 0.3 is 0 Å². The van der Waals surface area contributed by atoms with Crippen molar-refractivity contribution in [2.45, 2.75) is 38.6 Å². The summed E-state index contributed by atoms with van der Waals surface area (Å²) in [6.45, 7) is 3.27. The lowest BCUT2D eigenvalue weighted by Crippen LogP contribution is -2.35. The van der Waals surface area contributed by atoms with Gasteiger partial charge in [0.05, 0.1) is 0 Å². The summed E-state index contributed by atoms with van der Waals surface area (Å²) < 4.78 is 0. The monoisotopic (exact) mass is 246 g/mol. The zero-order valence-corrected chi connectivity index (χ0v) is 11.3. The molecule has 0 bridgehead atoms. The number of rotatable bonds is 4. The van der Waals surface area contributed by atoms with Crippen LogP contribution in [0, 0.1) is 0 Å². The molecule has 0 heterocycles. The van der Waals surface area contributed by atoms with E-state index in [0.717, 1.165) is 24.9 Å². The van der Waals surface area contributed by atoms with Gasteiger partial charge in [-0.3, -0.25) is 4.79 Å². The molecule has 1 atom stereocenters. The molecule has 0 fully saturated rings. The molecule has 0 aliphatic heterocycles. The summed E-state index contributed by atoms with van der Waals surface area (Å²) in [5, 5.41) is 6.25. The zero-order valence-electron chi connectivity index (χ0n) is 11.3. The van der Waals surface area contributed by atoms with Crippen LogP contribution in [0.1, 0.15) is 41.3 Å². The van der Waals surface area contributed by atoms with E-state index in [4.69, 9.17) is 0 Å². The quantitative estimate of drug-likeness (QED) is 0.852. The van der Waals surface area contributed by atoms with Gasteiger partial charge in [-0.15, -0.1) is 0 Å². The number of hydrogen-bond donors (Lipinski definition) is 2. The molecule has 0 spiro atoms. The van der Waals surface area contributed by atoms with E-state index in [9.17, 15) is 4.79 Å². The number of benzene rings is 1. The van der Waals surface area contributed by atoms with Gasteiger partial charge in [0.15, 0.2) is 0 Å². The molecule has 1 aliphatic carbocycles. The first-order chi connectivity index (χ1) is 8.74. The predicted octanol–water partition coefficient (Wildman–Crippen LogP) is 1.90. The molecule has 1 amide bonds. The molecule has 0 aromatic heterocycles. The van der Waals surface area contributed by atoms with Crippen molar-refractivity contribution >= 4 is 5.91 Å². The topological polar surface area (TPSA) is 41.1 Å². The molecule has 0 radical (unpaired) electrons. The average Bonchev–Trinajstić information content (AvgIpc) is 2.43. The van der Waals surface area contributed by atoms with E-state index in [0.29, 0.717) is 6.04 Å². The smallest absolute Gasteiger partial charge is 0.251 e. The molecule has 1 aliphatic rings. The van der Waals surface area contributed by atoms with E-state index in [1.54, 1.807) is 7.05 Å². The van der Waals surface area contributed by atoms with E-state index in [1.165, 1.54) is 24.0 Å². The summed E-state index contributed by atoms with van der Waals surface area (Å²) in [5.74, 6) is 0.00133. The highest BCUT2D eigenvalue weighted by atomic mass is 16.1. The second-order valence-electron chi connectivity index (χ2n) is 4.96. The van der Waals surface area contributed by atoms with E-state index in [1.807, 2.05) is 12.1 Å². The van der Waals surface area contributed by atoms with Crippen molar-refractivity contribution in [3.63, 3.8) is 0 Å². The number of hydrogen-bond acceptors (Lipinski definition) is 2. The van der Waals surface area contributed by atoms with Crippen LogP contribution in [0.25, 0.3) is 0 Å². The highest BCUT2D eigenvalue weighted by molar-refractivity contribution is 5.94. The van der Waals surface area contributed by atoms with Crippen LogP contribution in [0.5, 0.6) is 0 Å². The summed E-state index contributed by atoms with van der Waals surface area (Å²) in [6.07, 6.45) is 4.53. The van der Waals surface area contributed by atoms with Crippen molar-refractivity contribution in [3.8, 4) is 0 Å². The maximum absolute atomic E-state index is 11.6. The van der Waals surface area contributed by atoms with Crippen molar-refractivity contribution in [2.75, 3.05) is 13.6 Å². The molecule has 2 rings (SSSR count). The molecular weight excluding hydrogens is 224 g/mol. The lowest BCUT2D eigenvalue weighted by molar-refractivity contribution is 0.0963. The Morgan fingerprint density at radius 3 is 2.94 bits per heavy atom. The van der Waals surface area contributed by atoms with Crippen molar-refractivity contribution in [1.82, 2.24) is 10.6 Å². The fourth-order valence-electron chi connectivity index (χ4n) is 2.57. The van der Waals surface area contributed by atoms with Gasteiger partial charge in [0.25, 0.3) is 5.91 Å². The number of carbonyl (C=O) groups is 1. The van der Waals surface area contributed by atoms with Crippen LogP contribution >= 0.6 is 0 Å². The summed E-state index contributed by atoms with van der Waals surface area (Å²) in [4.78, 5) is 11.6. The Kier molecular flexibility index (Phi) is 4.37. The molecule has 0 saturated carbocycles. The third-order valence-corrected chi connectivity index (χ3v) is 3.61. The number of carbonyl (C=O) groups excluding carboxylic acids is 1. The molecule has 1 aromatic carbocycles. The van der Waals surface area contributed by atoms with Crippen LogP contribution < -0.4 is 10.6 Å². The Bertz CT molecular complexity index is 429. The van der Waals surface area contributed by atoms with E-state index >= 15 is 0 Å². The normalized spacial score (nSPS) is 18.2. The van der Waals surface area contributed by atoms with Crippen LogP contribution in [-0.4, -0.2) is 25.5 Å². The SMILES string of the molecule is CCCN[C@@H]1CCc2ccc(C(=O)NC)cc2C1. The van der Waals surface area contributed by atoms with Crippen LogP contribution in [0.2, 0.25) is 0 Å². The van der Waals surface area contributed by atoms with Crippen LogP contribution in [0.4, 0.5) is 0 Å². The second-order valence-corrected chi connectivity index (χ2v) is 4.96. The van der Waals surface area contributed by atoms with Gasteiger partial charge in [0, 0.05) is 18.7 Å². The molecule has 3 nitrogen and oxygen atoms in total. The summed E-state index contributed by atoms with van der Waals surface area (Å²) in [6, 6.07) is 6.65. The fourth-order valence-corrected chi connectivity index (χ4v) is 2.57. The first-order valence-electron chi connectivity index (χ1n) is 6.82. The number of fused-ring (bicyclic) bond motifs is 1. The minimum absolute atomic E-state index is 0.00133. The zero-order chi connectivity index (χ0) is 13.0. The largest absolute Gasteiger partial charge is 0.355 e. The Morgan fingerprint density at radius 2 is 2.22 bits per heavy atom. The van der Waals surface area contributed by atoms with Crippen molar-refractivity contribution in [2.24, 2.45) is 0 Å². The van der Waals surface area contributed by atoms with Crippen LogP contribution in [0.15, 0.2) is 18.2 Å². The van der Waals surface area contributed by atoms with Crippen LogP contribution in [-0.2, 0) is 12.8 Å². The third kappa shape index (κ3) is 2.91. The van der Waals surface area contributed by atoms with Gasteiger partial charge in [-0.2, -0.15) is 0 Å². The molecule has 98 valence electrons. The van der Waals surface area contributed by atoms with E-state index in [-0.39, 0.29) is 5.91 Å². The van der Waals surface area contributed by atoms with Gasteiger partial charge in [-0.1, -0.05) is 13.0 Å². The lowest BCUT2D eigenvalue weighted by Gasteiger charge is -2.26. The first-order valence-corrected chi connectivity index (χ1v) is 6.82.